The third-order valence-electron chi connectivity index (χ3n) is 4.90. The van der Waals surface area contributed by atoms with E-state index in [-0.39, 0.29) is 12.0 Å². The number of hydrogen-bond donors (Lipinski definition) is 1. The van der Waals surface area contributed by atoms with Gasteiger partial charge in [-0.05, 0) is 53.2 Å². The van der Waals surface area contributed by atoms with Gasteiger partial charge in [-0.3, -0.25) is 4.79 Å². The highest BCUT2D eigenvalue weighted by Gasteiger charge is 2.45. The maximum atomic E-state index is 11.0. The van der Waals surface area contributed by atoms with Crippen molar-refractivity contribution in [1.82, 2.24) is 9.80 Å². The number of carboxylic acid groups (broad SMARTS) is 1. The number of nitrogens with zero attached hydrogens (tertiary/aromatic N) is 2. The topological polar surface area (TPSA) is 43.8 Å². The molecule has 0 aromatic carbocycles. The molecule has 2 atom stereocenters. The summed E-state index contributed by atoms with van der Waals surface area (Å²) in [6, 6.07) is 0.255. The third kappa shape index (κ3) is 2.20. The molecule has 0 aliphatic heterocycles. The molecule has 2 saturated carbocycles. The molecule has 2 aliphatic rings. The molecule has 2 fully saturated rings. The van der Waals surface area contributed by atoms with Crippen LogP contribution in [0, 0.1) is 5.92 Å². The van der Waals surface area contributed by atoms with E-state index in [2.05, 4.69) is 30.9 Å². The lowest BCUT2D eigenvalue weighted by Crippen LogP contribution is -2.60. The van der Waals surface area contributed by atoms with Gasteiger partial charge in [0.05, 0.1) is 5.92 Å². The fourth-order valence-corrected chi connectivity index (χ4v) is 3.21. The zero-order chi connectivity index (χ0) is 12.6. The normalized spacial score (nSPS) is 31.1. The van der Waals surface area contributed by atoms with Gasteiger partial charge in [-0.1, -0.05) is 0 Å². The Morgan fingerprint density at radius 2 is 1.94 bits per heavy atom. The molecule has 0 amide bonds. The Bertz CT molecular complexity index is 300. The van der Waals surface area contributed by atoms with Gasteiger partial charge >= 0.3 is 5.97 Å². The van der Waals surface area contributed by atoms with E-state index in [4.69, 9.17) is 5.11 Å². The molecule has 2 aliphatic carbocycles. The molecular formula is C13H24N2O2. The molecule has 4 heteroatoms. The highest BCUT2D eigenvalue weighted by Crippen LogP contribution is 2.39. The highest BCUT2D eigenvalue weighted by molar-refractivity contribution is 5.72. The van der Waals surface area contributed by atoms with Crippen LogP contribution in [-0.4, -0.2) is 60.1 Å². The second-order valence-corrected chi connectivity index (χ2v) is 5.98. The SMILES string of the molecule is CN(CC1(N(C)C)CCC1)C1CCC1C(=O)O. The van der Waals surface area contributed by atoms with Crippen molar-refractivity contribution in [3.8, 4) is 0 Å². The number of aliphatic carboxylic acids is 1. The summed E-state index contributed by atoms with van der Waals surface area (Å²) in [7, 11) is 6.37. The molecule has 0 aromatic rings. The van der Waals surface area contributed by atoms with Gasteiger partial charge in [0.1, 0.15) is 0 Å². The molecule has 4 nitrogen and oxygen atoms in total. The molecule has 0 bridgehead atoms. The molecule has 0 radical (unpaired) electrons. The van der Waals surface area contributed by atoms with Crippen LogP contribution in [0.3, 0.4) is 0 Å². The van der Waals surface area contributed by atoms with Crippen molar-refractivity contribution in [1.29, 1.82) is 0 Å². The summed E-state index contributed by atoms with van der Waals surface area (Å²) in [6.45, 7) is 1.01. The van der Waals surface area contributed by atoms with Gasteiger partial charge in [0.25, 0.3) is 0 Å². The zero-order valence-corrected chi connectivity index (χ0v) is 11.1. The molecule has 0 saturated heterocycles. The molecule has 2 unspecified atom stereocenters. The molecular weight excluding hydrogens is 216 g/mol. The maximum absolute atomic E-state index is 11.0. The second-order valence-electron chi connectivity index (χ2n) is 5.98. The summed E-state index contributed by atoms with van der Waals surface area (Å²) in [6.07, 6.45) is 5.68. The first kappa shape index (κ1) is 12.8. The Morgan fingerprint density at radius 3 is 2.24 bits per heavy atom. The maximum Gasteiger partial charge on any atom is 0.308 e. The summed E-state index contributed by atoms with van der Waals surface area (Å²) in [5, 5.41) is 9.09. The first-order valence-corrected chi connectivity index (χ1v) is 6.57. The van der Waals surface area contributed by atoms with Gasteiger partial charge in [-0.2, -0.15) is 0 Å². The van der Waals surface area contributed by atoms with Crippen LogP contribution in [-0.2, 0) is 4.79 Å². The Kier molecular flexibility index (Phi) is 3.46. The predicted octanol–water partition coefficient (Wildman–Crippen LogP) is 1.27. The number of carboxylic acids is 1. The van der Waals surface area contributed by atoms with E-state index in [1.807, 2.05) is 0 Å². The summed E-state index contributed by atoms with van der Waals surface area (Å²) >= 11 is 0. The third-order valence-corrected chi connectivity index (χ3v) is 4.90. The fraction of sp³-hybridized carbons (Fsp3) is 0.923. The first-order chi connectivity index (χ1) is 7.96. The van der Waals surface area contributed by atoms with Crippen molar-refractivity contribution in [2.45, 2.75) is 43.7 Å². The molecule has 0 spiro atoms. The summed E-state index contributed by atoms with van der Waals surface area (Å²) in [5.74, 6) is -0.764. The predicted molar refractivity (Wildman–Crippen MR) is 67.0 cm³/mol. The Morgan fingerprint density at radius 1 is 1.29 bits per heavy atom. The molecule has 2 rings (SSSR count). The summed E-state index contributed by atoms with van der Waals surface area (Å²) < 4.78 is 0. The molecule has 1 N–H and O–H groups in total. The van der Waals surface area contributed by atoms with E-state index in [9.17, 15) is 4.79 Å². The monoisotopic (exact) mass is 240 g/mol. The van der Waals surface area contributed by atoms with Crippen molar-refractivity contribution in [2.24, 2.45) is 5.92 Å². The fourth-order valence-electron chi connectivity index (χ4n) is 3.21. The molecule has 98 valence electrons. The van der Waals surface area contributed by atoms with Crippen LogP contribution in [0.25, 0.3) is 0 Å². The Hall–Kier alpha value is -0.610. The Labute approximate surface area is 104 Å². The van der Waals surface area contributed by atoms with Gasteiger partial charge < -0.3 is 14.9 Å². The number of likely N-dealkylation sites (N-methyl/N-ethyl adjacent to an activating group) is 2. The van der Waals surface area contributed by atoms with Crippen LogP contribution >= 0.6 is 0 Å². The lowest BCUT2D eigenvalue weighted by Gasteiger charge is -2.52. The van der Waals surface area contributed by atoms with E-state index in [0.29, 0.717) is 5.54 Å². The summed E-state index contributed by atoms with van der Waals surface area (Å²) in [4.78, 5) is 15.6. The van der Waals surface area contributed by atoms with Crippen LogP contribution in [0.15, 0.2) is 0 Å². The molecule has 0 heterocycles. The smallest absolute Gasteiger partial charge is 0.308 e. The minimum atomic E-state index is -0.624. The molecule has 17 heavy (non-hydrogen) atoms. The quantitative estimate of drug-likeness (QED) is 0.786. The Balaban J connectivity index is 1.92. The average Bonchev–Trinajstić information content (AvgIpc) is 2.07. The largest absolute Gasteiger partial charge is 0.481 e. The second kappa shape index (κ2) is 4.58. The van der Waals surface area contributed by atoms with Gasteiger partial charge in [-0.15, -0.1) is 0 Å². The van der Waals surface area contributed by atoms with E-state index in [1.165, 1.54) is 19.3 Å². The minimum absolute atomic E-state index is 0.140. The van der Waals surface area contributed by atoms with Gasteiger partial charge in [0.2, 0.25) is 0 Å². The van der Waals surface area contributed by atoms with Crippen molar-refractivity contribution in [3.63, 3.8) is 0 Å². The van der Waals surface area contributed by atoms with Crippen molar-refractivity contribution >= 4 is 5.97 Å². The van der Waals surface area contributed by atoms with Crippen molar-refractivity contribution in [3.05, 3.63) is 0 Å². The van der Waals surface area contributed by atoms with E-state index in [0.717, 1.165) is 19.4 Å². The number of carbonyl (C=O) groups is 1. The standard InChI is InChI=1S/C13H24N2O2/c1-14(2)13(7-4-8-13)9-15(3)11-6-5-10(11)12(16)17/h10-11H,4-9H2,1-3H3,(H,16,17). The van der Waals surface area contributed by atoms with Gasteiger partial charge in [0, 0.05) is 18.1 Å². The summed E-state index contributed by atoms with van der Waals surface area (Å²) in [5.41, 5.74) is 0.299. The molecule has 0 aromatic heterocycles. The van der Waals surface area contributed by atoms with E-state index < -0.39 is 5.97 Å². The van der Waals surface area contributed by atoms with E-state index >= 15 is 0 Å². The van der Waals surface area contributed by atoms with Crippen LogP contribution in [0.4, 0.5) is 0 Å². The van der Waals surface area contributed by atoms with Crippen molar-refractivity contribution < 1.29 is 9.90 Å². The first-order valence-electron chi connectivity index (χ1n) is 6.57. The highest BCUT2D eigenvalue weighted by atomic mass is 16.4. The van der Waals surface area contributed by atoms with Gasteiger partial charge in [-0.25, -0.2) is 0 Å². The number of hydrogen-bond acceptors (Lipinski definition) is 3. The van der Waals surface area contributed by atoms with Crippen LogP contribution in [0.5, 0.6) is 0 Å². The lowest BCUT2D eigenvalue weighted by molar-refractivity contribution is -0.149. The van der Waals surface area contributed by atoms with Gasteiger partial charge in [0.15, 0.2) is 0 Å². The van der Waals surface area contributed by atoms with Crippen LogP contribution in [0.1, 0.15) is 32.1 Å². The van der Waals surface area contributed by atoms with Crippen LogP contribution in [0.2, 0.25) is 0 Å². The van der Waals surface area contributed by atoms with Crippen molar-refractivity contribution in [2.75, 3.05) is 27.7 Å². The van der Waals surface area contributed by atoms with E-state index in [1.54, 1.807) is 0 Å². The lowest BCUT2D eigenvalue weighted by atomic mass is 9.73. The zero-order valence-electron chi connectivity index (χ0n) is 11.1. The average molecular weight is 240 g/mol. The minimum Gasteiger partial charge on any atom is -0.481 e. The van der Waals surface area contributed by atoms with Crippen LogP contribution < -0.4 is 0 Å². The number of rotatable bonds is 5.